The summed E-state index contributed by atoms with van der Waals surface area (Å²) in [5, 5.41) is 0. The summed E-state index contributed by atoms with van der Waals surface area (Å²) >= 11 is 0. The molecule has 1 heteroatoms. The van der Waals surface area contributed by atoms with Crippen LogP contribution in [-0.2, 0) is 10.2 Å². The smallest absolute Gasteiger partial charge is 0.120 e. The monoisotopic (exact) mass is 190 g/mol. The molecule has 0 amide bonds. The Morgan fingerprint density at radius 3 is 2.29 bits per heavy atom. The average Bonchev–Trinajstić information content (AvgIpc) is 2.16. The second kappa shape index (κ2) is 4.41. The Morgan fingerprint density at radius 1 is 1.21 bits per heavy atom. The lowest BCUT2D eigenvalue weighted by Gasteiger charge is -2.24. The van der Waals surface area contributed by atoms with Gasteiger partial charge < -0.3 is 4.79 Å². The lowest BCUT2D eigenvalue weighted by Crippen LogP contribution is -2.16. The molecule has 0 unspecified atom stereocenters. The molecule has 1 aromatic carbocycles. The number of aldehydes is 1. The zero-order valence-electron chi connectivity index (χ0n) is 9.21. The lowest BCUT2D eigenvalue weighted by molar-refractivity contribution is -0.108. The van der Waals surface area contributed by atoms with E-state index in [2.05, 4.69) is 45.0 Å². The minimum absolute atomic E-state index is 0.106. The van der Waals surface area contributed by atoms with Crippen LogP contribution in [0, 0.1) is 6.92 Å². The highest BCUT2D eigenvalue weighted by molar-refractivity contribution is 5.49. The van der Waals surface area contributed by atoms with Crippen LogP contribution in [-0.4, -0.2) is 6.29 Å². The lowest BCUT2D eigenvalue weighted by atomic mass is 9.80. The van der Waals surface area contributed by atoms with Crippen molar-refractivity contribution < 1.29 is 4.79 Å². The minimum atomic E-state index is 0.106. The second-order valence-corrected chi connectivity index (χ2v) is 4.46. The summed E-state index contributed by atoms with van der Waals surface area (Å²) in [5.41, 5.74) is 2.69. The van der Waals surface area contributed by atoms with E-state index >= 15 is 0 Å². The van der Waals surface area contributed by atoms with E-state index < -0.39 is 0 Å². The molecule has 0 N–H and O–H groups in total. The fourth-order valence-electron chi connectivity index (χ4n) is 1.57. The molecular formula is C13H18O. The third-order valence-corrected chi connectivity index (χ3v) is 2.72. The van der Waals surface area contributed by atoms with E-state index in [-0.39, 0.29) is 5.41 Å². The van der Waals surface area contributed by atoms with Gasteiger partial charge in [-0.25, -0.2) is 0 Å². The molecule has 76 valence electrons. The predicted molar refractivity (Wildman–Crippen MR) is 59.5 cm³/mol. The predicted octanol–water partition coefficient (Wildman–Crippen LogP) is 3.25. The first-order valence-electron chi connectivity index (χ1n) is 5.07. The van der Waals surface area contributed by atoms with Gasteiger partial charge in [-0.3, -0.25) is 0 Å². The maximum atomic E-state index is 10.3. The molecule has 0 saturated heterocycles. The van der Waals surface area contributed by atoms with E-state index in [1.165, 1.54) is 11.1 Å². The molecular weight excluding hydrogens is 172 g/mol. The Hall–Kier alpha value is -1.11. The quantitative estimate of drug-likeness (QED) is 0.666. The minimum Gasteiger partial charge on any atom is -0.303 e. The van der Waals surface area contributed by atoms with Crippen LogP contribution in [0.2, 0.25) is 0 Å². The molecule has 0 aliphatic rings. The van der Waals surface area contributed by atoms with Crippen LogP contribution in [0.1, 0.15) is 37.8 Å². The third-order valence-electron chi connectivity index (χ3n) is 2.72. The van der Waals surface area contributed by atoms with Gasteiger partial charge in [-0.15, -0.1) is 0 Å². The molecule has 1 nitrogen and oxygen atoms in total. The maximum Gasteiger partial charge on any atom is 0.120 e. The largest absolute Gasteiger partial charge is 0.303 e. The molecule has 0 fully saturated rings. The van der Waals surface area contributed by atoms with Crippen molar-refractivity contribution in [3.05, 3.63) is 35.4 Å². The number of hydrogen-bond donors (Lipinski definition) is 0. The van der Waals surface area contributed by atoms with E-state index in [9.17, 15) is 4.79 Å². The van der Waals surface area contributed by atoms with Gasteiger partial charge in [0.25, 0.3) is 0 Å². The fraction of sp³-hybridized carbons (Fsp3) is 0.462. The summed E-state index contributed by atoms with van der Waals surface area (Å²) in [6, 6.07) is 8.55. The number of carbonyl (C=O) groups excluding carboxylic acids is 1. The summed E-state index contributed by atoms with van der Waals surface area (Å²) in [7, 11) is 0. The standard InChI is InChI=1S/C13H18O/c1-11-5-7-12(8-6-11)13(2,3)9-4-10-14/h5-8,10H,4,9H2,1-3H3. The van der Waals surface area contributed by atoms with Crippen molar-refractivity contribution in [2.75, 3.05) is 0 Å². The van der Waals surface area contributed by atoms with Gasteiger partial charge in [0.15, 0.2) is 0 Å². The number of benzene rings is 1. The van der Waals surface area contributed by atoms with Crippen molar-refractivity contribution >= 4 is 6.29 Å². The Balaban J connectivity index is 2.80. The van der Waals surface area contributed by atoms with Gasteiger partial charge in [-0.05, 0) is 24.3 Å². The Kier molecular flexibility index (Phi) is 3.45. The highest BCUT2D eigenvalue weighted by atomic mass is 16.1. The summed E-state index contributed by atoms with van der Waals surface area (Å²) in [6.45, 7) is 6.45. The molecule has 0 heterocycles. The van der Waals surface area contributed by atoms with Crippen LogP contribution in [0.15, 0.2) is 24.3 Å². The highest BCUT2D eigenvalue weighted by Crippen LogP contribution is 2.27. The summed E-state index contributed by atoms with van der Waals surface area (Å²) in [5.74, 6) is 0. The SMILES string of the molecule is Cc1ccc(C(C)(C)CCC=O)cc1. The highest BCUT2D eigenvalue weighted by Gasteiger charge is 2.19. The number of rotatable bonds is 4. The van der Waals surface area contributed by atoms with Crippen LogP contribution in [0.5, 0.6) is 0 Å². The first kappa shape index (κ1) is 11.0. The Morgan fingerprint density at radius 2 is 1.79 bits per heavy atom. The molecule has 14 heavy (non-hydrogen) atoms. The first-order chi connectivity index (χ1) is 6.56. The van der Waals surface area contributed by atoms with Crippen molar-refractivity contribution in [3.8, 4) is 0 Å². The molecule has 1 aromatic rings. The van der Waals surface area contributed by atoms with Crippen LogP contribution < -0.4 is 0 Å². The molecule has 0 aliphatic heterocycles. The summed E-state index contributed by atoms with van der Waals surface area (Å²) in [6.07, 6.45) is 2.55. The second-order valence-electron chi connectivity index (χ2n) is 4.46. The number of aryl methyl sites for hydroxylation is 1. The Bertz CT molecular complexity index is 296. The van der Waals surface area contributed by atoms with E-state index in [1.54, 1.807) is 0 Å². The van der Waals surface area contributed by atoms with E-state index in [1.807, 2.05) is 0 Å². The number of carbonyl (C=O) groups is 1. The Labute approximate surface area is 86.1 Å². The molecule has 0 aliphatic carbocycles. The van der Waals surface area contributed by atoms with E-state index in [0.717, 1.165) is 12.7 Å². The normalized spacial score (nSPS) is 11.4. The van der Waals surface area contributed by atoms with Crippen LogP contribution in [0.25, 0.3) is 0 Å². The number of hydrogen-bond acceptors (Lipinski definition) is 1. The molecule has 0 radical (unpaired) electrons. The zero-order chi connectivity index (χ0) is 10.6. The summed E-state index contributed by atoms with van der Waals surface area (Å²) < 4.78 is 0. The summed E-state index contributed by atoms with van der Waals surface area (Å²) in [4.78, 5) is 10.3. The molecule has 0 spiro atoms. The van der Waals surface area contributed by atoms with Crippen molar-refractivity contribution in [2.24, 2.45) is 0 Å². The third kappa shape index (κ3) is 2.69. The van der Waals surface area contributed by atoms with Gasteiger partial charge >= 0.3 is 0 Å². The van der Waals surface area contributed by atoms with Crippen molar-refractivity contribution in [1.82, 2.24) is 0 Å². The maximum absolute atomic E-state index is 10.3. The van der Waals surface area contributed by atoms with Gasteiger partial charge in [0.1, 0.15) is 6.29 Å². The van der Waals surface area contributed by atoms with Crippen molar-refractivity contribution in [2.45, 2.75) is 39.0 Å². The average molecular weight is 190 g/mol. The van der Waals surface area contributed by atoms with Crippen LogP contribution in [0.3, 0.4) is 0 Å². The molecule has 0 bridgehead atoms. The molecule has 0 atom stereocenters. The van der Waals surface area contributed by atoms with Crippen molar-refractivity contribution in [1.29, 1.82) is 0 Å². The molecule has 0 saturated carbocycles. The van der Waals surface area contributed by atoms with Crippen molar-refractivity contribution in [3.63, 3.8) is 0 Å². The molecule has 0 aromatic heterocycles. The fourth-order valence-corrected chi connectivity index (χ4v) is 1.57. The topological polar surface area (TPSA) is 17.1 Å². The van der Waals surface area contributed by atoms with Gasteiger partial charge in [0.05, 0.1) is 0 Å². The van der Waals surface area contributed by atoms with E-state index in [4.69, 9.17) is 0 Å². The van der Waals surface area contributed by atoms with Crippen LogP contribution >= 0.6 is 0 Å². The first-order valence-corrected chi connectivity index (χ1v) is 5.07. The van der Waals surface area contributed by atoms with Gasteiger partial charge in [-0.2, -0.15) is 0 Å². The van der Waals surface area contributed by atoms with Gasteiger partial charge in [0.2, 0.25) is 0 Å². The van der Waals surface area contributed by atoms with E-state index in [0.29, 0.717) is 6.42 Å². The van der Waals surface area contributed by atoms with Crippen LogP contribution in [0.4, 0.5) is 0 Å². The zero-order valence-corrected chi connectivity index (χ0v) is 9.21. The van der Waals surface area contributed by atoms with Gasteiger partial charge in [0, 0.05) is 6.42 Å². The molecule has 1 rings (SSSR count). The van der Waals surface area contributed by atoms with Gasteiger partial charge in [-0.1, -0.05) is 43.7 Å².